The third-order valence-electron chi connectivity index (χ3n) is 3.11. The monoisotopic (exact) mass is 241 g/mol. The van der Waals surface area contributed by atoms with E-state index in [-0.39, 0.29) is 6.04 Å². The van der Waals surface area contributed by atoms with E-state index in [9.17, 15) is 0 Å². The van der Waals surface area contributed by atoms with Crippen LogP contribution in [0.3, 0.4) is 0 Å². The normalized spacial score (nSPS) is 12.7. The van der Waals surface area contributed by atoms with Crippen molar-refractivity contribution in [2.24, 2.45) is 5.73 Å². The molecule has 1 aromatic carbocycles. The number of nitrogens with zero attached hydrogens (tertiary/aromatic N) is 2. The minimum Gasteiger partial charge on any atom is -0.324 e. The zero-order chi connectivity index (χ0) is 13.0. The molecule has 0 radical (unpaired) electrons. The molecule has 3 nitrogen and oxygen atoms in total. The van der Waals surface area contributed by atoms with Crippen molar-refractivity contribution in [1.29, 1.82) is 0 Å². The Morgan fingerprint density at radius 3 is 2.17 bits per heavy atom. The van der Waals surface area contributed by atoms with Crippen LogP contribution in [-0.2, 0) is 6.42 Å². The maximum Gasteiger partial charge on any atom is 0.115 e. The van der Waals surface area contributed by atoms with E-state index in [1.54, 1.807) is 12.4 Å². The highest BCUT2D eigenvalue weighted by Gasteiger charge is 2.08. The summed E-state index contributed by atoms with van der Waals surface area (Å²) < 4.78 is 0. The van der Waals surface area contributed by atoms with Crippen LogP contribution in [0.4, 0.5) is 0 Å². The predicted molar refractivity (Wildman–Crippen MR) is 73.2 cm³/mol. The van der Waals surface area contributed by atoms with Gasteiger partial charge in [-0.1, -0.05) is 38.1 Å². The van der Waals surface area contributed by atoms with Crippen LogP contribution in [0.5, 0.6) is 0 Å². The van der Waals surface area contributed by atoms with Gasteiger partial charge in [0.2, 0.25) is 0 Å². The first kappa shape index (κ1) is 12.7. The second-order valence-corrected chi connectivity index (χ2v) is 4.88. The van der Waals surface area contributed by atoms with E-state index in [2.05, 4.69) is 48.1 Å². The van der Waals surface area contributed by atoms with Gasteiger partial charge in [-0.3, -0.25) is 0 Å². The molecule has 3 heteroatoms. The summed E-state index contributed by atoms with van der Waals surface area (Å²) in [5, 5.41) is 0. The van der Waals surface area contributed by atoms with Gasteiger partial charge >= 0.3 is 0 Å². The second kappa shape index (κ2) is 5.74. The van der Waals surface area contributed by atoms with Crippen LogP contribution < -0.4 is 5.73 Å². The summed E-state index contributed by atoms with van der Waals surface area (Å²) in [6, 6.07) is 8.61. The quantitative estimate of drug-likeness (QED) is 0.895. The molecule has 18 heavy (non-hydrogen) atoms. The van der Waals surface area contributed by atoms with Gasteiger partial charge in [0, 0.05) is 24.0 Å². The third-order valence-corrected chi connectivity index (χ3v) is 3.11. The predicted octanol–water partition coefficient (Wildman–Crippen LogP) is 2.84. The molecule has 1 atom stereocenters. The molecule has 0 bridgehead atoms. The third kappa shape index (κ3) is 3.14. The van der Waals surface area contributed by atoms with Crippen molar-refractivity contribution in [3.63, 3.8) is 0 Å². The smallest absolute Gasteiger partial charge is 0.115 e. The Balaban J connectivity index is 2.05. The molecule has 2 N–H and O–H groups in total. The molecule has 0 saturated carbocycles. The largest absolute Gasteiger partial charge is 0.324 e. The minimum atomic E-state index is -0.0453. The minimum absolute atomic E-state index is 0.0453. The van der Waals surface area contributed by atoms with Crippen molar-refractivity contribution in [2.75, 3.05) is 0 Å². The first-order valence-corrected chi connectivity index (χ1v) is 6.26. The van der Waals surface area contributed by atoms with Crippen LogP contribution in [0.15, 0.2) is 43.0 Å². The van der Waals surface area contributed by atoms with E-state index in [1.807, 2.05) is 0 Å². The van der Waals surface area contributed by atoms with Crippen molar-refractivity contribution in [3.05, 3.63) is 59.7 Å². The number of benzene rings is 1. The van der Waals surface area contributed by atoms with E-state index < -0.39 is 0 Å². The lowest BCUT2D eigenvalue weighted by atomic mass is 9.98. The summed E-state index contributed by atoms with van der Waals surface area (Å²) in [7, 11) is 0. The Bertz CT molecular complexity index is 477. The topological polar surface area (TPSA) is 51.8 Å². The van der Waals surface area contributed by atoms with Gasteiger partial charge < -0.3 is 5.73 Å². The van der Waals surface area contributed by atoms with Crippen LogP contribution in [0.1, 0.15) is 42.5 Å². The maximum atomic E-state index is 6.14. The Morgan fingerprint density at radius 1 is 1.00 bits per heavy atom. The van der Waals surface area contributed by atoms with Crippen molar-refractivity contribution in [3.8, 4) is 0 Å². The standard InChI is InChI=1S/C15H19N3/c1-11(2)13-5-3-12(4-6-13)7-15(16)14-8-17-10-18-9-14/h3-6,8-11,15H,7,16H2,1-2H3. The molecule has 0 aliphatic rings. The molecule has 0 spiro atoms. The van der Waals surface area contributed by atoms with Crippen molar-refractivity contribution < 1.29 is 0 Å². The summed E-state index contributed by atoms with van der Waals surface area (Å²) in [4.78, 5) is 7.99. The summed E-state index contributed by atoms with van der Waals surface area (Å²) in [5.74, 6) is 0.565. The number of aromatic nitrogens is 2. The lowest BCUT2D eigenvalue weighted by molar-refractivity contribution is 0.712. The average Bonchev–Trinajstić information content (AvgIpc) is 2.40. The van der Waals surface area contributed by atoms with E-state index in [0.29, 0.717) is 5.92 Å². The van der Waals surface area contributed by atoms with Gasteiger partial charge in [-0.2, -0.15) is 0 Å². The van der Waals surface area contributed by atoms with Gasteiger partial charge in [-0.15, -0.1) is 0 Å². The summed E-state index contributed by atoms with van der Waals surface area (Å²) >= 11 is 0. The molecule has 1 unspecified atom stereocenters. The van der Waals surface area contributed by atoms with Gasteiger partial charge in [-0.05, 0) is 23.5 Å². The average molecular weight is 241 g/mol. The highest BCUT2D eigenvalue weighted by Crippen LogP contribution is 2.18. The number of hydrogen-bond acceptors (Lipinski definition) is 3. The molecule has 0 fully saturated rings. The first-order chi connectivity index (χ1) is 8.66. The number of nitrogens with two attached hydrogens (primary N) is 1. The van der Waals surface area contributed by atoms with Crippen molar-refractivity contribution in [1.82, 2.24) is 9.97 Å². The molecule has 2 rings (SSSR count). The van der Waals surface area contributed by atoms with Gasteiger partial charge in [0.15, 0.2) is 0 Å². The van der Waals surface area contributed by atoms with Gasteiger partial charge in [-0.25, -0.2) is 9.97 Å². The summed E-state index contributed by atoms with van der Waals surface area (Å²) in [6.45, 7) is 4.39. The van der Waals surface area contributed by atoms with Crippen LogP contribution in [0.2, 0.25) is 0 Å². The van der Waals surface area contributed by atoms with Crippen LogP contribution in [0.25, 0.3) is 0 Å². The van der Waals surface area contributed by atoms with Gasteiger partial charge in [0.05, 0.1) is 0 Å². The molecule has 1 heterocycles. The molecule has 94 valence electrons. The zero-order valence-electron chi connectivity index (χ0n) is 10.9. The fourth-order valence-corrected chi connectivity index (χ4v) is 1.91. The van der Waals surface area contributed by atoms with E-state index in [1.165, 1.54) is 17.5 Å². The van der Waals surface area contributed by atoms with Crippen LogP contribution >= 0.6 is 0 Å². The fourth-order valence-electron chi connectivity index (χ4n) is 1.91. The Kier molecular flexibility index (Phi) is 4.05. The van der Waals surface area contributed by atoms with Crippen LogP contribution in [-0.4, -0.2) is 9.97 Å². The molecule has 0 aliphatic heterocycles. The van der Waals surface area contributed by atoms with Crippen molar-refractivity contribution in [2.45, 2.75) is 32.2 Å². The molecule has 0 aliphatic carbocycles. The lowest BCUT2D eigenvalue weighted by Gasteiger charge is -2.12. The van der Waals surface area contributed by atoms with Crippen LogP contribution in [0, 0.1) is 0 Å². The molecular weight excluding hydrogens is 222 g/mol. The highest BCUT2D eigenvalue weighted by molar-refractivity contribution is 5.26. The summed E-state index contributed by atoms with van der Waals surface area (Å²) in [6.07, 6.45) is 5.89. The van der Waals surface area contributed by atoms with Gasteiger partial charge in [0.1, 0.15) is 6.33 Å². The Morgan fingerprint density at radius 2 is 1.61 bits per heavy atom. The summed E-state index contributed by atoms with van der Waals surface area (Å²) in [5.41, 5.74) is 9.73. The molecule has 0 amide bonds. The number of hydrogen-bond donors (Lipinski definition) is 1. The second-order valence-electron chi connectivity index (χ2n) is 4.88. The highest BCUT2D eigenvalue weighted by atomic mass is 14.8. The van der Waals surface area contributed by atoms with E-state index >= 15 is 0 Å². The maximum absolute atomic E-state index is 6.14. The molecule has 0 saturated heterocycles. The lowest BCUT2D eigenvalue weighted by Crippen LogP contribution is -2.13. The molecule has 2 aromatic rings. The Labute approximate surface area is 108 Å². The Hall–Kier alpha value is -1.74. The fraction of sp³-hybridized carbons (Fsp3) is 0.333. The van der Waals surface area contributed by atoms with Crippen molar-refractivity contribution >= 4 is 0 Å². The first-order valence-electron chi connectivity index (χ1n) is 6.26. The van der Waals surface area contributed by atoms with Gasteiger partial charge in [0.25, 0.3) is 0 Å². The SMILES string of the molecule is CC(C)c1ccc(CC(N)c2cncnc2)cc1. The number of rotatable bonds is 4. The van der Waals surface area contributed by atoms with E-state index in [4.69, 9.17) is 5.73 Å². The zero-order valence-corrected chi connectivity index (χ0v) is 10.9. The molecular formula is C15H19N3. The van der Waals surface area contributed by atoms with E-state index in [0.717, 1.165) is 12.0 Å². The molecule has 1 aromatic heterocycles.